The summed E-state index contributed by atoms with van der Waals surface area (Å²) >= 11 is 0. The van der Waals surface area contributed by atoms with Crippen LogP contribution in [0.1, 0.15) is 14.9 Å². The molecule has 0 saturated carbocycles. The Morgan fingerprint density at radius 3 is 0.571 bits per heavy atom. The van der Waals surface area contributed by atoms with Crippen LogP contribution in [0.15, 0.2) is 0 Å². The molecule has 0 aromatic rings. The van der Waals surface area contributed by atoms with Gasteiger partial charge in [-0.1, -0.05) is 14.9 Å². The Morgan fingerprint density at radius 1 is 0.571 bits per heavy atom. The van der Waals surface area contributed by atoms with Crippen LogP contribution in [0, 0.1) is 22.3 Å². The Balaban J connectivity index is 0. The average molecular weight is 350 g/mol. The summed E-state index contributed by atoms with van der Waals surface area (Å²) in [6, 6.07) is 0. The summed E-state index contributed by atoms with van der Waals surface area (Å²) in [5.74, 6) is 0. The summed E-state index contributed by atoms with van der Waals surface area (Å²) in [5, 5.41) is 0. The Bertz CT molecular complexity index is 8.04. The van der Waals surface area contributed by atoms with Gasteiger partial charge in [-0.05, 0) is 0 Å². The van der Waals surface area contributed by atoms with Crippen LogP contribution in [0.2, 0.25) is 0 Å². The van der Waals surface area contributed by atoms with Crippen molar-refractivity contribution in [3.05, 3.63) is 22.3 Å². The van der Waals surface area contributed by atoms with Crippen molar-refractivity contribution < 1.29 is 53.8 Å². The third-order valence-corrected chi connectivity index (χ3v) is 0. The van der Waals surface area contributed by atoms with Gasteiger partial charge in [-0.15, -0.1) is 0 Å². The van der Waals surface area contributed by atoms with Gasteiger partial charge in [0.15, 0.2) is 0 Å². The summed E-state index contributed by atoms with van der Waals surface area (Å²) in [6.45, 7) is 0. The first kappa shape index (κ1) is 166. The van der Waals surface area contributed by atoms with Crippen LogP contribution < -0.4 is 0 Å². The number of rotatable bonds is 0. The smallest absolute Gasteiger partial charge is 0.358 e. The molecule has 2 heteroatoms. The molecule has 0 atom stereocenters. The van der Waals surface area contributed by atoms with Gasteiger partial charge < -0.3 is 22.3 Å². The zero-order chi connectivity index (χ0) is 0. The van der Waals surface area contributed by atoms with Gasteiger partial charge in [-0.3, -0.25) is 0 Å². The second kappa shape index (κ2) is 112. The summed E-state index contributed by atoms with van der Waals surface area (Å²) in [6.07, 6.45) is 0. The molecule has 0 bridgehead atoms. The summed E-state index contributed by atoms with van der Waals surface area (Å²) in [4.78, 5) is 0. The third-order valence-electron chi connectivity index (χ3n) is 0. The van der Waals surface area contributed by atoms with E-state index < -0.39 is 0 Å². The SMILES string of the molecule is C.C.[CH3-].[CH3-].[CH3-].[W+2].[Y]. The van der Waals surface area contributed by atoms with E-state index in [1.807, 2.05) is 0 Å². The van der Waals surface area contributed by atoms with Crippen molar-refractivity contribution >= 4 is 0 Å². The zero-order valence-corrected chi connectivity index (χ0v) is 9.76. The van der Waals surface area contributed by atoms with Crippen molar-refractivity contribution in [2.75, 3.05) is 0 Å². The Kier molecular flexibility index (Phi) is 2660. The average Bonchev–Trinajstić information content (AvgIpc) is 0. The molecule has 1 radical (unpaired) electrons. The molecule has 7 heavy (non-hydrogen) atoms. The van der Waals surface area contributed by atoms with E-state index in [1.165, 1.54) is 0 Å². The summed E-state index contributed by atoms with van der Waals surface area (Å²) < 4.78 is 0. The molecule has 0 saturated heterocycles. The molecule has 0 N–H and O–H groups in total. The largest absolute Gasteiger partial charge is 2.00 e. The molecule has 0 rings (SSSR count). The van der Waals surface area contributed by atoms with Crippen LogP contribution in [-0.2, 0) is 53.8 Å². The topological polar surface area (TPSA) is 0 Å². The van der Waals surface area contributed by atoms with Gasteiger partial charge in [0.1, 0.15) is 0 Å². The molecule has 0 spiro atoms. The fourth-order valence-corrected chi connectivity index (χ4v) is 0. The third kappa shape index (κ3) is 81.4. The van der Waals surface area contributed by atoms with Crippen molar-refractivity contribution in [1.82, 2.24) is 0 Å². The molecule has 0 nitrogen and oxygen atoms in total. The molecule has 0 heterocycles. The van der Waals surface area contributed by atoms with E-state index in [0.29, 0.717) is 0 Å². The van der Waals surface area contributed by atoms with Crippen molar-refractivity contribution in [2.24, 2.45) is 0 Å². The van der Waals surface area contributed by atoms with E-state index in [2.05, 4.69) is 0 Å². The maximum atomic E-state index is 0. The fraction of sp³-hybridized carbons (Fsp3) is 0.400. The molecule has 0 unspecified atom stereocenters. The van der Waals surface area contributed by atoms with Gasteiger partial charge in [0, 0.05) is 32.7 Å². The number of hydrogen-bond acceptors (Lipinski definition) is 0. The maximum Gasteiger partial charge on any atom is 2.00 e. The second-order valence-electron chi connectivity index (χ2n) is 0. The molecule has 0 aliphatic heterocycles. The zero-order valence-electron chi connectivity index (χ0n) is 3.99. The molecule has 47 valence electrons. The first-order valence-corrected chi connectivity index (χ1v) is 0. The minimum atomic E-state index is 0. The van der Waals surface area contributed by atoms with Crippen molar-refractivity contribution in [3.8, 4) is 0 Å². The van der Waals surface area contributed by atoms with Crippen molar-refractivity contribution in [1.29, 1.82) is 0 Å². The van der Waals surface area contributed by atoms with E-state index in [0.717, 1.165) is 0 Å². The number of hydrogen-bond donors (Lipinski definition) is 0. The van der Waals surface area contributed by atoms with Crippen LogP contribution >= 0.6 is 0 Å². The molecule has 0 aliphatic rings. The van der Waals surface area contributed by atoms with Gasteiger partial charge in [0.05, 0.1) is 0 Å². The molecular weight excluding hydrogens is 333 g/mol. The molecule has 0 aromatic heterocycles. The minimum Gasteiger partial charge on any atom is -0.358 e. The monoisotopic (exact) mass is 350 g/mol. The molecular formula is C5H17WY-. The van der Waals surface area contributed by atoms with Crippen molar-refractivity contribution in [3.63, 3.8) is 0 Å². The summed E-state index contributed by atoms with van der Waals surface area (Å²) in [5.41, 5.74) is 0. The van der Waals surface area contributed by atoms with Crippen LogP contribution in [0.5, 0.6) is 0 Å². The normalized spacial score (nSPS) is 0. The fourth-order valence-electron chi connectivity index (χ4n) is 0. The predicted octanol–water partition coefficient (Wildman–Crippen LogP) is 2.62. The summed E-state index contributed by atoms with van der Waals surface area (Å²) in [7, 11) is 0. The van der Waals surface area contributed by atoms with E-state index >= 15 is 0 Å². The first-order valence-electron chi connectivity index (χ1n) is 0. The Morgan fingerprint density at radius 2 is 0.571 bits per heavy atom. The predicted molar refractivity (Wildman–Crippen MR) is 32.7 cm³/mol. The molecule has 0 amide bonds. The second-order valence-corrected chi connectivity index (χ2v) is 0. The van der Waals surface area contributed by atoms with E-state index in [9.17, 15) is 0 Å². The van der Waals surface area contributed by atoms with Crippen LogP contribution in [0.4, 0.5) is 0 Å². The van der Waals surface area contributed by atoms with E-state index in [4.69, 9.17) is 0 Å². The van der Waals surface area contributed by atoms with Crippen LogP contribution in [0.25, 0.3) is 0 Å². The minimum absolute atomic E-state index is 0. The molecule has 0 aliphatic carbocycles. The van der Waals surface area contributed by atoms with E-state index in [1.54, 1.807) is 0 Å². The standard InChI is InChI=1S/2CH4.3CH3.W.Y/h2*1H4;3*1H3;;/q;;3*-1;+2;. The molecule has 0 fully saturated rings. The van der Waals surface area contributed by atoms with E-state index in [-0.39, 0.29) is 90.9 Å². The Labute approximate surface area is 90.0 Å². The maximum absolute atomic E-state index is 0. The molecule has 0 aromatic carbocycles. The quantitative estimate of drug-likeness (QED) is 0.590. The van der Waals surface area contributed by atoms with Crippen LogP contribution in [0.3, 0.4) is 0 Å². The van der Waals surface area contributed by atoms with Gasteiger partial charge in [-0.2, -0.15) is 0 Å². The first-order chi connectivity index (χ1) is 0. The van der Waals surface area contributed by atoms with Gasteiger partial charge in [-0.25, -0.2) is 0 Å². The van der Waals surface area contributed by atoms with Gasteiger partial charge >= 0.3 is 21.1 Å². The van der Waals surface area contributed by atoms with Gasteiger partial charge in [0.25, 0.3) is 0 Å². The van der Waals surface area contributed by atoms with Crippen LogP contribution in [-0.4, -0.2) is 0 Å². The van der Waals surface area contributed by atoms with Gasteiger partial charge in [0.2, 0.25) is 0 Å². The Hall–Kier alpha value is 1.79. The van der Waals surface area contributed by atoms with Crippen molar-refractivity contribution in [2.45, 2.75) is 14.9 Å².